The van der Waals surface area contributed by atoms with Gasteiger partial charge in [-0.3, -0.25) is 9.59 Å². The Labute approximate surface area is 142 Å². The predicted octanol–water partition coefficient (Wildman–Crippen LogP) is 2.59. The SMILES string of the molecule is CN1C(=O)COc2ccc(CC(=O)NCCC3=CCCCC3)cc21. The monoisotopic (exact) mass is 328 g/mol. The van der Waals surface area contributed by atoms with E-state index in [-0.39, 0.29) is 18.4 Å². The van der Waals surface area contributed by atoms with Gasteiger partial charge in [0, 0.05) is 13.6 Å². The Kier molecular flexibility index (Phi) is 5.18. The van der Waals surface area contributed by atoms with Gasteiger partial charge in [0.2, 0.25) is 5.91 Å². The highest BCUT2D eigenvalue weighted by atomic mass is 16.5. The van der Waals surface area contributed by atoms with Crippen molar-refractivity contribution in [2.45, 2.75) is 38.5 Å². The molecule has 0 saturated heterocycles. The topological polar surface area (TPSA) is 58.6 Å². The highest BCUT2D eigenvalue weighted by Crippen LogP contribution is 2.32. The number of nitrogens with zero attached hydrogens (tertiary/aromatic N) is 1. The number of ether oxygens (including phenoxy) is 1. The molecule has 0 saturated carbocycles. The molecule has 0 unspecified atom stereocenters. The zero-order chi connectivity index (χ0) is 16.9. The Morgan fingerprint density at radius 3 is 3.00 bits per heavy atom. The number of nitrogens with one attached hydrogen (secondary N) is 1. The van der Waals surface area contributed by atoms with Crippen LogP contribution in [0.15, 0.2) is 29.8 Å². The number of carbonyl (C=O) groups excluding carboxylic acids is 2. The van der Waals surface area contributed by atoms with Crippen LogP contribution >= 0.6 is 0 Å². The maximum Gasteiger partial charge on any atom is 0.264 e. The second kappa shape index (κ2) is 7.51. The van der Waals surface area contributed by atoms with Gasteiger partial charge in [-0.1, -0.05) is 17.7 Å². The molecule has 5 nitrogen and oxygen atoms in total. The number of hydrogen-bond acceptors (Lipinski definition) is 3. The van der Waals surface area contributed by atoms with Crippen LogP contribution in [0, 0.1) is 0 Å². The lowest BCUT2D eigenvalue weighted by atomic mass is 9.97. The van der Waals surface area contributed by atoms with E-state index < -0.39 is 0 Å². The summed E-state index contributed by atoms with van der Waals surface area (Å²) in [5.74, 6) is 0.618. The molecular formula is C19H24N2O3. The molecule has 2 amide bonds. The molecule has 1 aromatic carbocycles. The molecule has 2 aliphatic rings. The number of carbonyl (C=O) groups is 2. The van der Waals surface area contributed by atoms with E-state index in [0.717, 1.165) is 17.7 Å². The van der Waals surface area contributed by atoms with Crippen molar-refractivity contribution in [3.8, 4) is 5.75 Å². The molecule has 5 heteroatoms. The lowest BCUT2D eigenvalue weighted by Gasteiger charge is -2.26. The van der Waals surface area contributed by atoms with E-state index in [1.807, 2.05) is 18.2 Å². The number of allylic oxidation sites excluding steroid dienone is 1. The zero-order valence-electron chi connectivity index (χ0n) is 14.1. The summed E-state index contributed by atoms with van der Waals surface area (Å²) >= 11 is 0. The molecule has 1 aromatic rings. The van der Waals surface area contributed by atoms with Gasteiger partial charge in [-0.2, -0.15) is 0 Å². The molecule has 0 aromatic heterocycles. The second-order valence-corrected chi connectivity index (χ2v) is 6.43. The summed E-state index contributed by atoms with van der Waals surface area (Å²) in [7, 11) is 1.73. The van der Waals surface area contributed by atoms with E-state index >= 15 is 0 Å². The zero-order valence-corrected chi connectivity index (χ0v) is 14.1. The summed E-state index contributed by atoms with van der Waals surface area (Å²) < 4.78 is 5.40. The molecule has 3 rings (SSSR count). The standard InChI is InChI=1S/C19H24N2O3/c1-21-16-11-15(7-8-17(16)24-13-19(21)23)12-18(22)20-10-9-14-5-3-2-4-6-14/h5,7-8,11H,2-4,6,9-10,12-13H2,1H3,(H,20,22). The summed E-state index contributed by atoms with van der Waals surface area (Å²) in [6.07, 6.45) is 8.47. The average molecular weight is 328 g/mol. The van der Waals surface area contributed by atoms with Crippen molar-refractivity contribution in [2.24, 2.45) is 0 Å². The van der Waals surface area contributed by atoms with E-state index in [2.05, 4.69) is 11.4 Å². The minimum Gasteiger partial charge on any atom is -0.482 e. The molecule has 0 bridgehead atoms. The third-order valence-electron chi connectivity index (χ3n) is 4.63. The number of anilines is 1. The van der Waals surface area contributed by atoms with E-state index in [1.165, 1.54) is 31.3 Å². The van der Waals surface area contributed by atoms with Crippen molar-refractivity contribution in [3.63, 3.8) is 0 Å². The molecule has 0 atom stereocenters. The first-order valence-corrected chi connectivity index (χ1v) is 8.60. The molecule has 1 aliphatic heterocycles. The van der Waals surface area contributed by atoms with E-state index in [4.69, 9.17) is 4.74 Å². The van der Waals surface area contributed by atoms with Crippen LogP contribution in [0.3, 0.4) is 0 Å². The number of amides is 2. The van der Waals surface area contributed by atoms with Crippen LogP contribution in [-0.2, 0) is 16.0 Å². The van der Waals surface area contributed by atoms with Gasteiger partial charge < -0.3 is 15.0 Å². The van der Waals surface area contributed by atoms with Gasteiger partial charge >= 0.3 is 0 Å². The minimum atomic E-state index is -0.0788. The van der Waals surface area contributed by atoms with Gasteiger partial charge in [0.05, 0.1) is 12.1 Å². The summed E-state index contributed by atoms with van der Waals surface area (Å²) in [5.41, 5.74) is 3.07. The van der Waals surface area contributed by atoms with Gasteiger partial charge in [-0.25, -0.2) is 0 Å². The smallest absolute Gasteiger partial charge is 0.264 e. The molecule has 0 radical (unpaired) electrons. The highest BCUT2D eigenvalue weighted by Gasteiger charge is 2.22. The lowest BCUT2D eigenvalue weighted by molar-refractivity contribution is -0.121. The maximum atomic E-state index is 12.1. The summed E-state index contributed by atoms with van der Waals surface area (Å²) in [5, 5.41) is 2.99. The Balaban J connectivity index is 1.53. The van der Waals surface area contributed by atoms with Crippen LogP contribution in [0.25, 0.3) is 0 Å². The minimum absolute atomic E-state index is 0.0112. The van der Waals surface area contributed by atoms with Crippen LogP contribution in [0.1, 0.15) is 37.7 Å². The van der Waals surface area contributed by atoms with Gasteiger partial charge in [-0.15, -0.1) is 0 Å². The fourth-order valence-corrected chi connectivity index (χ4v) is 3.17. The van der Waals surface area contributed by atoms with Crippen LogP contribution in [0.4, 0.5) is 5.69 Å². The summed E-state index contributed by atoms with van der Waals surface area (Å²) in [4.78, 5) is 25.4. The van der Waals surface area contributed by atoms with Crippen molar-refractivity contribution < 1.29 is 14.3 Å². The Hall–Kier alpha value is -2.30. The molecule has 1 N–H and O–H groups in total. The molecule has 1 heterocycles. The van der Waals surface area contributed by atoms with Crippen molar-refractivity contribution in [1.82, 2.24) is 5.32 Å². The fourth-order valence-electron chi connectivity index (χ4n) is 3.17. The fraction of sp³-hybridized carbons (Fsp3) is 0.474. The van der Waals surface area contributed by atoms with E-state index in [9.17, 15) is 9.59 Å². The van der Waals surface area contributed by atoms with Crippen molar-refractivity contribution in [1.29, 1.82) is 0 Å². The highest BCUT2D eigenvalue weighted by molar-refractivity contribution is 5.97. The number of fused-ring (bicyclic) bond motifs is 1. The van der Waals surface area contributed by atoms with E-state index in [0.29, 0.717) is 18.7 Å². The third-order valence-corrected chi connectivity index (χ3v) is 4.63. The first-order valence-electron chi connectivity index (χ1n) is 8.60. The Morgan fingerprint density at radius 2 is 2.21 bits per heavy atom. The number of likely N-dealkylation sites (N-methyl/N-ethyl adjacent to an activating group) is 1. The van der Waals surface area contributed by atoms with Crippen molar-refractivity contribution >= 4 is 17.5 Å². The van der Waals surface area contributed by atoms with Crippen LogP contribution in [0.2, 0.25) is 0 Å². The van der Waals surface area contributed by atoms with Crippen LogP contribution in [0.5, 0.6) is 5.75 Å². The largest absolute Gasteiger partial charge is 0.482 e. The first-order chi connectivity index (χ1) is 11.6. The maximum absolute atomic E-state index is 12.1. The van der Waals surface area contributed by atoms with E-state index in [1.54, 1.807) is 11.9 Å². The molecule has 1 aliphatic carbocycles. The summed E-state index contributed by atoms with van der Waals surface area (Å²) in [6.45, 7) is 0.760. The first kappa shape index (κ1) is 16.6. The average Bonchev–Trinajstić information content (AvgIpc) is 2.59. The summed E-state index contributed by atoms with van der Waals surface area (Å²) in [6, 6.07) is 5.56. The molecule has 0 spiro atoms. The van der Waals surface area contributed by atoms with Crippen LogP contribution < -0.4 is 15.0 Å². The van der Waals surface area contributed by atoms with Crippen LogP contribution in [-0.4, -0.2) is 32.0 Å². The second-order valence-electron chi connectivity index (χ2n) is 6.43. The molecule has 24 heavy (non-hydrogen) atoms. The lowest BCUT2D eigenvalue weighted by Crippen LogP contribution is -2.35. The Bertz CT molecular complexity index is 667. The van der Waals surface area contributed by atoms with Crippen molar-refractivity contribution in [2.75, 3.05) is 25.1 Å². The number of rotatable bonds is 5. The van der Waals surface area contributed by atoms with Gasteiger partial charge in [0.1, 0.15) is 5.75 Å². The molecular weight excluding hydrogens is 304 g/mol. The third kappa shape index (κ3) is 3.96. The predicted molar refractivity (Wildman–Crippen MR) is 93.2 cm³/mol. The van der Waals surface area contributed by atoms with Crippen molar-refractivity contribution in [3.05, 3.63) is 35.4 Å². The Morgan fingerprint density at radius 1 is 1.33 bits per heavy atom. The molecule has 0 fully saturated rings. The number of benzene rings is 1. The molecule has 128 valence electrons. The van der Waals surface area contributed by atoms with Gasteiger partial charge in [0.25, 0.3) is 5.91 Å². The normalized spacial score (nSPS) is 17.0. The van der Waals surface area contributed by atoms with Gasteiger partial charge in [-0.05, 0) is 49.8 Å². The van der Waals surface area contributed by atoms with Gasteiger partial charge in [0.15, 0.2) is 6.61 Å². The number of hydrogen-bond donors (Lipinski definition) is 1. The quantitative estimate of drug-likeness (QED) is 0.845.